The Bertz CT molecular complexity index is 836. The van der Waals surface area contributed by atoms with E-state index in [1.807, 2.05) is 22.9 Å². The Morgan fingerprint density at radius 3 is 2.95 bits per heavy atom. The van der Waals surface area contributed by atoms with Crippen molar-refractivity contribution >= 4 is 16.9 Å². The van der Waals surface area contributed by atoms with E-state index in [0.717, 1.165) is 10.9 Å². The Hall–Kier alpha value is -3.00. The molecule has 0 saturated carbocycles. The first-order valence-electron chi connectivity index (χ1n) is 5.98. The minimum absolute atomic E-state index is 0.156. The normalized spacial score (nSPS) is 10.6. The highest BCUT2D eigenvalue weighted by Crippen LogP contribution is 2.22. The van der Waals surface area contributed by atoms with Crippen LogP contribution >= 0.6 is 0 Å². The van der Waals surface area contributed by atoms with Gasteiger partial charge in [0, 0.05) is 17.1 Å². The molecule has 0 amide bonds. The monoisotopic (exact) mass is 266 g/mol. The fraction of sp³-hybridized carbons (Fsp3) is 0.0667. The predicted octanol–water partition coefficient (Wildman–Crippen LogP) is 2.85. The highest BCUT2D eigenvalue weighted by Gasteiger charge is 2.14. The summed E-state index contributed by atoms with van der Waals surface area (Å²) in [6.07, 6.45) is 3.19. The zero-order chi connectivity index (χ0) is 14.1. The van der Waals surface area contributed by atoms with Gasteiger partial charge in [0.25, 0.3) is 0 Å². The summed E-state index contributed by atoms with van der Waals surface area (Å²) in [6, 6.07) is 10.9. The number of carbonyl (C=O) groups is 1. The van der Waals surface area contributed by atoms with E-state index in [-0.39, 0.29) is 5.56 Å². The van der Waals surface area contributed by atoms with Crippen LogP contribution in [0, 0.1) is 11.3 Å². The molecule has 1 N–H and O–H groups in total. The number of hydrogen-bond donors (Lipinski definition) is 1. The van der Waals surface area contributed by atoms with Crippen LogP contribution in [0.15, 0.2) is 47.2 Å². The van der Waals surface area contributed by atoms with Gasteiger partial charge in [-0.1, -0.05) is 6.07 Å². The average molecular weight is 266 g/mol. The summed E-state index contributed by atoms with van der Waals surface area (Å²) in [5.74, 6) is -0.625. The molecule has 5 heteroatoms. The molecule has 20 heavy (non-hydrogen) atoms. The third-order valence-electron chi connectivity index (χ3n) is 3.22. The largest absolute Gasteiger partial charge is 0.478 e. The number of nitriles is 1. The number of fused-ring (bicyclic) bond motifs is 1. The summed E-state index contributed by atoms with van der Waals surface area (Å²) in [7, 11) is 0. The Morgan fingerprint density at radius 2 is 2.20 bits per heavy atom. The predicted molar refractivity (Wildman–Crippen MR) is 71.4 cm³/mol. The van der Waals surface area contributed by atoms with E-state index in [4.69, 9.17) is 14.8 Å². The van der Waals surface area contributed by atoms with E-state index >= 15 is 0 Å². The van der Waals surface area contributed by atoms with E-state index in [2.05, 4.69) is 6.07 Å². The highest BCUT2D eigenvalue weighted by molar-refractivity contribution is 5.89. The second-order valence-corrected chi connectivity index (χ2v) is 4.36. The number of carboxylic acids is 1. The molecular weight excluding hydrogens is 256 g/mol. The molecule has 1 aromatic carbocycles. The lowest BCUT2D eigenvalue weighted by atomic mass is 10.1. The topological polar surface area (TPSA) is 79.2 Å². The van der Waals surface area contributed by atoms with E-state index < -0.39 is 5.97 Å². The van der Waals surface area contributed by atoms with Crippen molar-refractivity contribution < 1.29 is 14.3 Å². The van der Waals surface area contributed by atoms with Crippen LogP contribution in [-0.2, 0) is 6.54 Å². The van der Waals surface area contributed by atoms with E-state index in [1.54, 1.807) is 12.1 Å². The number of nitrogens with zero attached hydrogens (tertiary/aromatic N) is 2. The number of furan rings is 1. The van der Waals surface area contributed by atoms with E-state index in [1.165, 1.54) is 12.3 Å². The van der Waals surface area contributed by atoms with Crippen molar-refractivity contribution in [2.45, 2.75) is 6.54 Å². The van der Waals surface area contributed by atoms with Gasteiger partial charge in [-0.2, -0.15) is 5.26 Å². The van der Waals surface area contributed by atoms with Crippen molar-refractivity contribution in [1.82, 2.24) is 4.57 Å². The quantitative estimate of drug-likeness (QED) is 0.790. The van der Waals surface area contributed by atoms with Crippen molar-refractivity contribution in [1.29, 1.82) is 5.26 Å². The lowest BCUT2D eigenvalue weighted by Gasteiger charge is -2.04. The second kappa shape index (κ2) is 4.59. The van der Waals surface area contributed by atoms with Gasteiger partial charge in [-0.3, -0.25) is 0 Å². The molecule has 98 valence electrons. The number of benzene rings is 1. The summed E-state index contributed by atoms with van der Waals surface area (Å²) in [5, 5.41) is 19.0. The SMILES string of the molecule is N#Cc1cccc2c1ccn2Cc1occc1C(=O)O. The van der Waals surface area contributed by atoms with E-state index in [0.29, 0.717) is 17.9 Å². The zero-order valence-corrected chi connectivity index (χ0v) is 10.4. The van der Waals surface area contributed by atoms with Crippen LogP contribution in [0.25, 0.3) is 10.9 Å². The van der Waals surface area contributed by atoms with Crippen LogP contribution in [0.2, 0.25) is 0 Å². The molecule has 0 radical (unpaired) electrons. The number of aromatic carboxylic acids is 1. The maximum atomic E-state index is 11.1. The molecule has 3 rings (SSSR count). The lowest BCUT2D eigenvalue weighted by Crippen LogP contribution is -2.03. The van der Waals surface area contributed by atoms with Gasteiger partial charge in [0.15, 0.2) is 0 Å². The molecule has 0 bridgehead atoms. The first-order valence-corrected chi connectivity index (χ1v) is 5.98. The van der Waals surface area contributed by atoms with Crippen LogP contribution in [0.1, 0.15) is 21.7 Å². The Labute approximate surface area is 114 Å². The van der Waals surface area contributed by atoms with Crippen molar-refractivity contribution in [2.24, 2.45) is 0 Å². The van der Waals surface area contributed by atoms with Gasteiger partial charge in [0.05, 0.1) is 24.4 Å². The molecule has 2 aromatic heterocycles. The third-order valence-corrected chi connectivity index (χ3v) is 3.22. The first kappa shape index (κ1) is 12.1. The summed E-state index contributed by atoms with van der Waals surface area (Å²) in [4.78, 5) is 11.1. The third kappa shape index (κ3) is 1.84. The van der Waals surface area contributed by atoms with E-state index in [9.17, 15) is 4.79 Å². The summed E-state index contributed by atoms with van der Waals surface area (Å²) < 4.78 is 7.10. The number of rotatable bonds is 3. The summed E-state index contributed by atoms with van der Waals surface area (Å²) in [5.41, 5.74) is 1.62. The molecule has 0 atom stereocenters. The van der Waals surface area contributed by atoms with Crippen LogP contribution < -0.4 is 0 Å². The molecule has 0 aliphatic carbocycles. The van der Waals surface area contributed by atoms with Gasteiger partial charge in [0.1, 0.15) is 11.3 Å². The van der Waals surface area contributed by atoms with Gasteiger partial charge in [-0.05, 0) is 24.3 Å². The Balaban J connectivity index is 2.06. The number of hydrogen-bond acceptors (Lipinski definition) is 3. The first-order chi connectivity index (χ1) is 9.70. The fourth-order valence-corrected chi connectivity index (χ4v) is 2.27. The summed E-state index contributed by atoms with van der Waals surface area (Å²) >= 11 is 0. The highest BCUT2D eigenvalue weighted by atomic mass is 16.4. The molecule has 0 spiro atoms. The molecule has 0 saturated heterocycles. The van der Waals surface area contributed by atoms with Gasteiger partial charge in [-0.15, -0.1) is 0 Å². The van der Waals surface area contributed by atoms with Gasteiger partial charge < -0.3 is 14.1 Å². The fourth-order valence-electron chi connectivity index (χ4n) is 2.27. The number of aromatic nitrogens is 1. The van der Waals surface area contributed by atoms with Crippen molar-refractivity contribution in [3.63, 3.8) is 0 Å². The second-order valence-electron chi connectivity index (χ2n) is 4.36. The van der Waals surface area contributed by atoms with Crippen LogP contribution in [-0.4, -0.2) is 15.6 Å². The molecule has 0 aliphatic rings. The van der Waals surface area contributed by atoms with Crippen LogP contribution in [0.5, 0.6) is 0 Å². The molecule has 5 nitrogen and oxygen atoms in total. The minimum Gasteiger partial charge on any atom is -0.478 e. The van der Waals surface area contributed by atoms with Crippen molar-refractivity contribution in [3.05, 3.63) is 59.7 Å². The molecule has 3 aromatic rings. The molecule has 2 heterocycles. The van der Waals surface area contributed by atoms with Crippen LogP contribution in [0.4, 0.5) is 0 Å². The number of carboxylic acid groups (broad SMARTS) is 1. The molecular formula is C15H10N2O3. The van der Waals surface area contributed by atoms with Crippen molar-refractivity contribution in [2.75, 3.05) is 0 Å². The molecule has 0 unspecified atom stereocenters. The molecule has 0 fully saturated rings. The maximum Gasteiger partial charge on any atom is 0.339 e. The average Bonchev–Trinajstić information content (AvgIpc) is 3.06. The van der Waals surface area contributed by atoms with Crippen molar-refractivity contribution in [3.8, 4) is 6.07 Å². The summed E-state index contributed by atoms with van der Waals surface area (Å²) in [6.45, 7) is 0.313. The molecule has 0 aliphatic heterocycles. The van der Waals surface area contributed by atoms with Crippen LogP contribution in [0.3, 0.4) is 0 Å². The van der Waals surface area contributed by atoms with Gasteiger partial charge in [0.2, 0.25) is 0 Å². The van der Waals surface area contributed by atoms with Gasteiger partial charge in [-0.25, -0.2) is 4.79 Å². The van der Waals surface area contributed by atoms with Gasteiger partial charge >= 0.3 is 5.97 Å². The standard InChI is InChI=1S/C15H10N2O3/c16-8-10-2-1-3-13-11(10)4-6-17(13)9-14-12(15(18)19)5-7-20-14/h1-7H,9H2,(H,18,19). The smallest absolute Gasteiger partial charge is 0.339 e. The lowest BCUT2D eigenvalue weighted by molar-refractivity contribution is 0.0694. The zero-order valence-electron chi connectivity index (χ0n) is 10.4. The maximum absolute atomic E-state index is 11.1. The minimum atomic E-state index is -1.01. The Morgan fingerprint density at radius 1 is 1.35 bits per heavy atom. The Kier molecular flexibility index (Phi) is 2.77.